The average molecular weight is 246 g/mol. The Morgan fingerprint density at radius 3 is 2.59 bits per heavy atom. The first-order valence-corrected chi connectivity index (χ1v) is 6.92. The average Bonchev–Trinajstić information content (AvgIpc) is 2.55. The van der Waals surface area contributed by atoms with Crippen molar-refractivity contribution < 1.29 is 4.74 Å². The van der Waals surface area contributed by atoms with Crippen LogP contribution in [0.2, 0.25) is 0 Å². The number of hydrogen-bond donors (Lipinski definition) is 0. The third kappa shape index (κ3) is 1.70. The van der Waals surface area contributed by atoms with E-state index in [1.54, 1.807) is 0 Å². The number of allylic oxidation sites excluding steroid dienone is 1. The highest BCUT2D eigenvalue weighted by molar-refractivity contribution is 8.05. The molecule has 2 heteroatoms. The Hall–Kier alpha value is -0.890. The van der Waals surface area contributed by atoms with Crippen molar-refractivity contribution in [2.45, 2.75) is 44.5 Å². The second-order valence-corrected chi connectivity index (χ2v) is 7.67. The molecule has 0 bridgehead atoms. The molecule has 0 saturated heterocycles. The van der Waals surface area contributed by atoms with Gasteiger partial charge in [-0.25, -0.2) is 0 Å². The highest BCUT2D eigenvalue weighted by atomic mass is 32.2. The fourth-order valence-electron chi connectivity index (χ4n) is 2.71. The molecule has 2 aliphatic heterocycles. The second kappa shape index (κ2) is 3.32. The van der Waals surface area contributed by atoms with Gasteiger partial charge in [0.05, 0.1) is 0 Å². The molecule has 90 valence electrons. The van der Waals surface area contributed by atoms with E-state index in [4.69, 9.17) is 4.74 Å². The molecule has 3 rings (SSSR count). The second-order valence-electron chi connectivity index (χ2n) is 5.95. The molecule has 0 amide bonds. The number of para-hydroxylation sites is 1. The Morgan fingerprint density at radius 1 is 1.12 bits per heavy atom. The molecule has 1 aromatic carbocycles. The molecule has 0 radical (unpaired) electrons. The first kappa shape index (κ1) is 11.2. The monoisotopic (exact) mass is 246 g/mol. The minimum atomic E-state index is -0.178. The molecule has 17 heavy (non-hydrogen) atoms. The van der Waals surface area contributed by atoms with Gasteiger partial charge in [-0.3, -0.25) is 0 Å². The number of hydrogen-bond acceptors (Lipinski definition) is 2. The molecule has 0 saturated carbocycles. The highest BCUT2D eigenvalue weighted by Crippen LogP contribution is 2.57. The molecule has 0 fully saturated rings. The topological polar surface area (TPSA) is 9.23 Å². The molecular weight excluding hydrogens is 228 g/mol. The van der Waals surface area contributed by atoms with Gasteiger partial charge in [0, 0.05) is 15.2 Å². The van der Waals surface area contributed by atoms with Crippen LogP contribution in [0.5, 0.6) is 5.75 Å². The molecule has 2 aliphatic rings. The summed E-state index contributed by atoms with van der Waals surface area (Å²) >= 11 is 1.98. The number of fused-ring (bicyclic) bond motifs is 2. The molecular formula is C15H18OS. The molecule has 0 aromatic heterocycles. The standard InChI is InChI=1S/C15H18OS/c1-14(2)9-11-10-7-5-6-8-12(10)16-15(3,4)13(11)17-14/h5-8H,9H2,1-4H3. The van der Waals surface area contributed by atoms with Crippen molar-refractivity contribution in [2.24, 2.45) is 0 Å². The van der Waals surface area contributed by atoms with E-state index in [-0.39, 0.29) is 5.60 Å². The first-order valence-electron chi connectivity index (χ1n) is 6.10. The van der Waals surface area contributed by atoms with Crippen LogP contribution in [0.15, 0.2) is 29.2 Å². The molecule has 0 spiro atoms. The van der Waals surface area contributed by atoms with Crippen LogP contribution in [-0.4, -0.2) is 10.3 Å². The van der Waals surface area contributed by atoms with E-state index in [0.29, 0.717) is 4.75 Å². The lowest BCUT2D eigenvalue weighted by Gasteiger charge is -2.34. The van der Waals surface area contributed by atoms with Crippen LogP contribution in [-0.2, 0) is 0 Å². The Morgan fingerprint density at radius 2 is 1.82 bits per heavy atom. The van der Waals surface area contributed by atoms with Gasteiger partial charge in [-0.15, -0.1) is 11.8 Å². The normalized spacial score (nSPS) is 24.0. The summed E-state index contributed by atoms with van der Waals surface area (Å²) in [5.41, 5.74) is 2.61. The number of rotatable bonds is 0. The Bertz CT molecular complexity index is 511. The molecule has 1 nitrogen and oxygen atoms in total. The van der Waals surface area contributed by atoms with Crippen molar-refractivity contribution in [1.29, 1.82) is 0 Å². The first-order chi connectivity index (χ1) is 7.89. The van der Waals surface area contributed by atoms with Gasteiger partial charge >= 0.3 is 0 Å². The van der Waals surface area contributed by atoms with Crippen LogP contribution in [0.1, 0.15) is 39.7 Å². The van der Waals surface area contributed by atoms with E-state index in [2.05, 4.69) is 45.9 Å². The maximum Gasteiger partial charge on any atom is 0.134 e. The van der Waals surface area contributed by atoms with Gasteiger partial charge in [0.2, 0.25) is 0 Å². The van der Waals surface area contributed by atoms with Crippen LogP contribution in [0.3, 0.4) is 0 Å². The van der Waals surface area contributed by atoms with Gasteiger partial charge in [-0.05, 0) is 31.9 Å². The summed E-state index contributed by atoms with van der Waals surface area (Å²) in [4.78, 5) is 1.42. The predicted octanol–water partition coefficient (Wildman–Crippen LogP) is 4.48. The van der Waals surface area contributed by atoms with Crippen LogP contribution < -0.4 is 4.74 Å². The van der Waals surface area contributed by atoms with Crippen LogP contribution >= 0.6 is 11.8 Å². The summed E-state index contributed by atoms with van der Waals surface area (Å²) in [7, 11) is 0. The Balaban J connectivity index is 2.18. The van der Waals surface area contributed by atoms with Crippen molar-refractivity contribution >= 4 is 17.3 Å². The van der Waals surface area contributed by atoms with Crippen LogP contribution in [0, 0.1) is 0 Å². The minimum absolute atomic E-state index is 0.178. The third-order valence-corrected chi connectivity index (χ3v) is 5.02. The quantitative estimate of drug-likeness (QED) is 0.667. The van der Waals surface area contributed by atoms with Gasteiger partial charge < -0.3 is 4.74 Å². The number of thioether (sulfide) groups is 1. The fourth-order valence-corrected chi connectivity index (χ4v) is 4.07. The molecule has 2 heterocycles. The summed E-state index contributed by atoms with van der Waals surface area (Å²) in [6.07, 6.45) is 1.14. The Kier molecular flexibility index (Phi) is 2.19. The number of benzene rings is 1. The summed E-state index contributed by atoms with van der Waals surface area (Å²) in [6, 6.07) is 8.41. The molecule has 1 aromatic rings. The summed E-state index contributed by atoms with van der Waals surface area (Å²) in [5.74, 6) is 1.04. The minimum Gasteiger partial charge on any atom is -0.482 e. The molecule has 0 N–H and O–H groups in total. The Labute approximate surface area is 107 Å². The summed E-state index contributed by atoms with van der Waals surface area (Å²) < 4.78 is 6.44. The van der Waals surface area contributed by atoms with Crippen LogP contribution in [0.25, 0.3) is 5.57 Å². The maximum atomic E-state index is 6.15. The lowest BCUT2D eigenvalue weighted by molar-refractivity contribution is 0.154. The molecule has 0 aliphatic carbocycles. The summed E-state index contributed by atoms with van der Waals surface area (Å²) in [5, 5.41) is 0. The van der Waals surface area contributed by atoms with Crippen molar-refractivity contribution in [3.05, 3.63) is 34.7 Å². The fraction of sp³-hybridized carbons (Fsp3) is 0.467. The lowest BCUT2D eigenvalue weighted by atomic mass is 9.89. The van der Waals surface area contributed by atoms with Crippen molar-refractivity contribution in [1.82, 2.24) is 0 Å². The SMILES string of the molecule is CC1(C)CC2=C(S1)C(C)(C)Oc1ccccc12. The van der Waals surface area contributed by atoms with Crippen molar-refractivity contribution in [3.63, 3.8) is 0 Å². The predicted molar refractivity (Wildman–Crippen MR) is 74.4 cm³/mol. The zero-order valence-electron chi connectivity index (χ0n) is 10.8. The molecule has 0 unspecified atom stereocenters. The highest BCUT2D eigenvalue weighted by Gasteiger charge is 2.43. The largest absolute Gasteiger partial charge is 0.482 e. The number of ether oxygens (including phenoxy) is 1. The van der Waals surface area contributed by atoms with E-state index in [9.17, 15) is 0 Å². The van der Waals surface area contributed by atoms with E-state index in [0.717, 1.165) is 12.2 Å². The smallest absolute Gasteiger partial charge is 0.134 e. The van der Waals surface area contributed by atoms with Crippen LogP contribution in [0.4, 0.5) is 0 Å². The van der Waals surface area contributed by atoms with E-state index in [1.165, 1.54) is 16.0 Å². The maximum absolute atomic E-state index is 6.15. The molecule has 0 atom stereocenters. The lowest BCUT2D eigenvalue weighted by Crippen LogP contribution is -2.32. The van der Waals surface area contributed by atoms with Crippen molar-refractivity contribution in [3.8, 4) is 5.75 Å². The van der Waals surface area contributed by atoms with Crippen molar-refractivity contribution in [2.75, 3.05) is 0 Å². The van der Waals surface area contributed by atoms with E-state index < -0.39 is 0 Å². The third-order valence-electron chi connectivity index (χ3n) is 3.38. The van der Waals surface area contributed by atoms with Gasteiger partial charge in [0.1, 0.15) is 11.4 Å². The van der Waals surface area contributed by atoms with Gasteiger partial charge in [-0.2, -0.15) is 0 Å². The van der Waals surface area contributed by atoms with E-state index >= 15 is 0 Å². The van der Waals surface area contributed by atoms with Gasteiger partial charge in [0.15, 0.2) is 0 Å². The summed E-state index contributed by atoms with van der Waals surface area (Å²) in [6.45, 7) is 8.97. The van der Waals surface area contributed by atoms with Gasteiger partial charge in [0.25, 0.3) is 0 Å². The zero-order chi connectivity index (χ0) is 12.3. The van der Waals surface area contributed by atoms with E-state index in [1.807, 2.05) is 17.8 Å². The van der Waals surface area contributed by atoms with Gasteiger partial charge in [-0.1, -0.05) is 32.0 Å². The zero-order valence-corrected chi connectivity index (χ0v) is 11.6.